The molecule has 102 valence electrons. The Morgan fingerprint density at radius 3 is 2.06 bits per heavy atom. The van der Waals surface area contributed by atoms with E-state index in [4.69, 9.17) is 30.8 Å². The number of nitrogens with two attached hydrogens (primary N) is 1. The summed E-state index contributed by atoms with van der Waals surface area (Å²) in [5.41, 5.74) is 4.72. The average Bonchev–Trinajstić information content (AvgIpc) is 2.21. The molecule has 0 aliphatic heterocycles. The molecule has 0 rings (SSSR count). The Kier molecular flexibility index (Phi) is 6.34. The largest absolute Gasteiger partial charge is 0.469 e. The lowest BCUT2D eigenvalue weighted by Gasteiger charge is -2.22. The van der Waals surface area contributed by atoms with Gasteiger partial charge in [0, 0.05) is 0 Å². The molecule has 10 nitrogen and oxygen atoms in total. The number of phosphoric acid groups is 1. The van der Waals surface area contributed by atoms with Gasteiger partial charge < -0.3 is 30.2 Å². The number of aliphatic hydroxyl groups excluding tert-OH is 4. The molecule has 8 N–H and O–H groups in total. The van der Waals surface area contributed by atoms with Crippen molar-refractivity contribution in [1.29, 1.82) is 0 Å². The summed E-state index contributed by atoms with van der Waals surface area (Å²) in [6.07, 6.45) is -8.30. The van der Waals surface area contributed by atoms with Crippen LogP contribution in [0.3, 0.4) is 0 Å². The number of phosphoric ester groups is 1. The van der Waals surface area contributed by atoms with E-state index in [1.807, 2.05) is 0 Å². The molecule has 0 bridgehead atoms. The summed E-state index contributed by atoms with van der Waals surface area (Å²) in [6, 6.07) is 0. The van der Waals surface area contributed by atoms with Gasteiger partial charge in [-0.15, -0.1) is 0 Å². The molecule has 17 heavy (non-hydrogen) atoms. The molecule has 0 heterocycles. The summed E-state index contributed by atoms with van der Waals surface area (Å²) in [5, 5.41) is 36.0. The predicted octanol–water partition coefficient (Wildman–Crippen LogP) is -3.98. The molecule has 1 unspecified atom stereocenters. The number of aliphatic hydroxyl groups is 4. The highest BCUT2D eigenvalue weighted by Gasteiger charge is 2.33. The Balaban J connectivity index is 4.35. The molecule has 0 fully saturated rings. The first-order valence-electron chi connectivity index (χ1n) is 4.28. The van der Waals surface area contributed by atoms with Crippen LogP contribution in [0.4, 0.5) is 0 Å². The molecule has 11 heteroatoms. The van der Waals surface area contributed by atoms with Gasteiger partial charge in [0.2, 0.25) is 5.78 Å². The third kappa shape index (κ3) is 6.17. The smallest absolute Gasteiger partial charge is 0.388 e. The molecule has 0 radical (unpaired) electrons. The Labute approximate surface area is 95.5 Å². The highest BCUT2D eigenvalue weighted by Crippen LogP contribution is 2.35. The van der Waals surface area contributed by atoms with Crippen molar-refractivity contribution in [3.05, 3.63) is 0 Å². The fraction of sp³-hybridized carbons (Fsp3) is 0.833. The second-order valence-corrected chi connectivity index (χ2v) is 4.38. The van der Waals surface area contributed by atoms with Crippen molar-refractivity contribution < 1.29 is 44.1 Å². The van der Waals surface area contributed by atoms with Gasteiger partial charge in [-0.05, 0) is 0 Å². The fourth-order valence-electron chi connectivity index (χ4n) is 0.826. The van der Waals surface area contributed by atoms with Gasteiger partial charge in [0.15, 0.2) is 6.23 Å². The molecule has 0 aliphatic carbocycles. The third-order valence-corrected chi connectivity index (χ3v) is 2.20. The summed E-state index contributed by atoms with van der Waals surface area (Å²) in [4.78, 5) is 27.5. The molecule has 4 atom stereocenters. The van der Waals surface area contributed by atoms with E-state index in [2.05, 4.69) is 4.52 Å². The third-order valence-electron chi connectivity index (χ3n) is 1.71. The second-order valence-electron chi connectivity index (χ2n) is 3.14. The summed E-state index contributed by atoms with van der Waals surface area (Å²) in [6.45, 7) is -1.02. The van der Waals surface area contributed by atoms with Crippen molar-refractivity contribution in [3.63, 3.8) is 0 Å². The Morgan fingerprint density at radius 1 is 1.24 bits per heavy atom. The first-order valence-corrected chi connectivity index (χ1v) is 5.81. The van der Waals surface area contributed by atoms with Crippen LogP contribution in [-0.2, 0) is 13.9 Å². The molecule has 0 aromatic heterocycles. The average molecular weight is 275 g/mol. The number of hydrogen-bond acceptors (Lipinski definition) is 8. The minimum atomic E-state index is -4.84. The maximum absolute atomic E-state index is 10.9. The summed E-state index contributed by atoms with van der Waals surface area (Å²) in [5.74, 6) is -1.35. The lowest BCUT2D eigenvalue weighted by atomic mass is 10.0. The lowest BCUT2D eigenvalue weighted by Crippen LogP contribution is -2.49. The molecular weight excluding hydrogens is 261 g/mol. The van der Waals surface area contributed by atoms with Gasteiger partial charge in [-0.25, -0.2) is 4.57 Å². The number of ketones is 1. The summed E-state index contributed by atoms with van der Waals surface area (Å²) >= 11 is 0. The van der Waals surface area contributed by atoms with E-state index in [1.54, 1.807) is 0 Å². The van der Waals surface area contributed by atoms with Gasteiger partial charge >= 0.3 is 7.82 Å². The maximum atomic E-state index is 10.9. The minimum absolute atomic E-state index is 1.02. The van der Waals surface area contributed by atoms with Gasteiger partial charge in [0.1, 0.15) is 18.3 Å². The van der Waals surface area contributed by atoms with Crippen molar-refractivity contribution in [2.24, 2.45) is 5.73 Å². The number of rotatable bonds is 7. The molecular formula is C6H14NO9P. The molecule has 0 aliphatic rings. The highest BCUT2D eigenvalue weighted by atomic mass is 31.2. The van der Waals surface area contributed by atoms with Crippen LogP contribution in [0.2, 0.25) is 0 Å². The van der Waals surface area contributed by atoms with Gasteiger partial charge in [-0.1, -0.05) is 0 Å². The van der Waals surface area contributed by atoms with Crippen LogP contribution in [-0.4, -0.2) is 67.1 Å². The Morgan fingerprint density at radius 2 is 1.71 bits per heavy atom. The Bertz CT molecular complexity index is 302. The number of Topliss-reactive ketones (excluding diaryl/α,β-unsaturated/α-hetero) is 1. The van der Waals surface area contributed by atoms with Crippen molar-refractivity contribution in [2.45, 2.75) is 24.5 Å². The maximum Gasteiger partial charge on any atom is 0.469 e. The highest BCUT2D eigenvalue weighted by molar-refractivity contribution is 7.46. The first kappa shape index (κ1) is 16.6. The standard InChI is InChI=1S/C6H14NO9P/c7-6(12)5(11)4(10)3(9)2(8)1-16-17(13,14)15/h2-4,6,8-10,12H,1,7H2,(H2,13,14,15)/t2-,3-,4+,6?/m1/s1. The van der Waals surface area contributed by atoms with Crippen molar-refractivity contribution in [2.75, 3.05) is 6.61 Å². The molecule has 0 aromatic carbocycles. The molecule has 0 saturated heterocycles. The quantitative estimate of drug-likeness (QED) is 0.178. The van der Waals surface area contributed by atoms with Crippen molar-refractivity contribution in [3.8, 4) is 0 Å². The van der Waals surface area contributed by atoms with Crippen LogP contribution in [0, 0.1) is 0 Å². The van der Waals surface area contributed by atoms with Gasteiger partial charge in [0.25, 0.3) is 0 Å². The molecule has 0 amide bonds. The van der Waals surface area contributed by atoms with Crippen LogP contribution in [0.25, 0.3) is 0 Å². The van der Waals surface area contributed by atoms with Crippen LogP contribution in [0.5, 0.6) is 0 Å². The lowest BCUT2D eigenvalue weighted by molar-refractivity contribution is -0.147. The normalized spacial score (nSPS) is 19.5. The van der Waals surface area contributed by atoms with Crippen LogP contribution in [0.1, 0.15) is 0 Å². The van der Waals surface area contributed by atoms with Gasteiger partial charge in [0.05, 0.1) is 6.61 Å². The van der Waals surface area contributed by atoms with Crippen molar-refractivity contribution in [1.82, 2.24) is 0 Å². The van der Waals surface area contributed by atoms with Crippen LogP contribution >= 0.6 is 7.82 Å². The van der Waals surface area contributed by atoms with Gasteiger partial charge in [-0.3, -0.25) is 15.1 Å². The van der Waals surface area contributed by atoms with Crippen molar-refractivity contribution >= 4 is 13.6 Å². The van der Waals surface area contributed by atoms with Crippen LogP contribution < -0.4 is 5.73 Å². The van der Waals surface area contributed by atoms with E-state index in [9.17, 15) is 14.5 Å². The molecule has 0 aromatic rings. The first-order chi connectivity index (χ1) is 7.56. The zero-order chi connectivity index (χ0) is 13.8. The van der Waals surface area contributed by atoms with E-state index >= 15 is 0 Å². The number of carbonyl (C=O) groups excluding carboxylic acids is 1. The van der Waals surface area contributed by atoms with E-state index in [0.717, 1.165) is 0 Å². The van der Waals surface area contributed by atoms with Crippen LogP contribution in [0.15, 0.2) is 0 Å². The fourth-order valence-corrected chi connectivity index (χ4v) is 1.17. The summed E-state index contributed by atoms with van der Waals surface area (Å²) < 4.78 is 14.1. The topological polar surface area (TPSA) is 191 Å². The van der Waals surface area contributed by atoms with E-state index in [1.165, 1.54) is 0 Å². The molecule has 0 spiro atoms. The predicted molar refractivity (Wildman–Crippen MR) is 51.2 cm³/mol. The zero-order valence-corrected chi connectivity index (χ0v) is 9.34. The zero-order valence-electron chi connectivity index (χ0n) is 8.45. The van der Waals surface area contributed by atoms with E-state index in [0.29, 0.717) is 0 Å². The minimum Gasteiger partial charge on any atom is -0.388 e. The van der Waals surface area contributed by atoms with Gasteiger partial charge in [-0.2, -0.15) is 0 Å². The monoisotopic (exact) mass is 275 g/mol. The Hall–Kier alpha value is -0.420. The van der Waals surface area contributed by atoms with E-state index in [-0.39, 0.29) is 0 Å². The number of carbonyl (C=O) groups is 1. The van der Waals surface area contributed by atoms with E-state index < -0.39 is 44.8 Å². The molecule has 0 saturated carbocycles. The SMILES string of the molecule is NC(O)C(=O)[C@@H](O)[C@H](O)[C@H](O)COP(=O)(O)O. The second kappa shape index (κ2) is 6.50. The number of hydrogen-bond donors (Lipinski definition) is 7. The summed E-state index contributed by atoms with van der Waals surface area (Å²) in [7, 11) is -4.84.